The molecule has 36 heavy (non-hydrogen) atoms. The summed E-state index contributed by atoms with van der Waals surface area (Å²) in [6, 6.07) is 12.7. The molecular formula is C25H29ClN4O6. The van der Waals surface area contributed by atoms with Gasteiger partial charge in [-0.3, -0.25) is 0 Å². The second-order valence-corrected chi connectivity index (χ2v) is 8.79. The van der Waals surface area contributed by atoms with Crippen LogP contribution in [0.15, 0.2) is 65.6 Å². The van der Waals surface area contributed by atoms with Crippen molar-refractivity contribution in [3.63, 3.8) is 0 Å². The molecule has 0 fully saturated rings. The number of imidazole rings is 1. The normalized spacial score (nSPS) is 12.2. The van der Waals surface area contributed by atoms with E-state index in [9.17, 15) is 9.90 Å². The highest BCUT2D eigenvalue weighted by Crippen LogP contribution is 2.28. The number of benzene rings is 1. The fraction of sp³-hybridized carbons (Fsp3) is 0.320. The zero-order valence-electron chi connectivity index (χ0n) is 20.0. The van der Waals surface area contributed by atoms with E-state index in [-0.39, 0.29) is 24.6 Å². The number of ether oxygens (including phenoxy) is 2. The molecule has 0 aliphatic carbocycles. The maximum absolute atomic E-state index is 10.8. The summed E-state index contributed by atoms with van der Waals surface area (Å²) in [7, 11) is 0. The van der Waals surface area contributed by atoms with Gasteiger partial charge in [0.05, 0.1) is 0 Å². The van der Waals surface area contributed by atoms with E-state index < -0.39 is 18.7 Å². The maximum Gasteiger partial charge on any atom is 0.341 e. The van der Waals surface area contributed by atoms with E-state index in [1.54, 1.807) is 24.4 Å². The van der Waals surface area contributed by atoms with E-state index in [0.29, 0.717) is 35.8 Å². The molecule has 0 saturated heterocycles. The van der Waals surface area contributed by atoms with Crippen molar-refractivity contribution in [1.29, 1.82) is 0 Å². The van der Waals surface area contributed by atoms with Crippen molar-refractivity contribution < 1.29 is 29.0 Å². The number of β-amino-alcohol motifs (C(OH)–C–C–N with tert-alkyl or cyclic N) is 1. The maximum atomic E-state index is 10.8. The van der Waals surface area contributed by atoms with Gasteiger partial charge in [-0.15, -0.1) is 12.4 Å². The highest BCUT2D eigenvalue weighted by atomic mass is 35.5. The second-order valence-electron chi connectivity index (χ2n) is 8.79. The number of aromatic nitrogens is 3. The van der Waals surface area contributed by atoms with Crippen molar-refractivity contribution >= 4 is 24.0 Å². The molecule has 0 amide bonds. The first kappa shape index (κ1) is 27.0. The van der Waals surface area contributed by atoms with E-state index in [1.807, 2.05) is 48.7 Å². The summed E-state index contributed by atoms with van der Waals surface area (Å²) < 4.78 is 18.0. The van der Waals surface area contributed by atoms with E-state index in [4.69, 9.17) is 19.1 Å². The number of carboxylic acid groups (broad SMARTS) is 1. The number of aliphatic hydroxyl groups is 1. The van der Waals surface area contributed by atoms with E-state index in [0.717, 1.165) is 11.3 Å². The monoisotopic (exact) mass is 516 g/mol. The number of aliphatic carboxylic acids is 1. The Bertz CT molecular complexity index is 1270. The third-order valence-corrected chi connectivity index (χ3v) is 5.40. The number of hydrogen-bond donors (Lipinski definition) is 3. The highest BCUT2D eigenvalue weighted by Gasteiger charge is 2.22. The van der Waals surface area contributed by atoms with Crippen LogP contribution in [0, 0.1) is 0 Å². The van der Waals surface area contributed by atoms with E-state index in [2.05, 4.69) is 15.5 Å². The summed E-state index contributed by atoms with van der Waals surface area (Å²) in [6.07, 6.45) is 4.97. The summed E-state index contributed by atoms with van der Waals surface area (Å²) in [5, 5.41) is 26.7. The molecule has 4 aromatic rings. The van der Waals surface area contributed by atoms with Crippen LogP contribution < -0.4 is 14.8 Å². The summed E-state index contributed by atoms with van der Waals surface area (Å²) in [5.74, 6) is -0.0231. The van der Waals surface area contributed by atoms with Gasteiger partial charge >= 0.3 is 5.97 Å². The van der Waals surface area contributed by atoms with Gasteiger partial charge < -0.3 is 33.9 Å². The Morgan fingerprint density at radius 1 is 1.17 bits per heavy atom. The number of hydrogen-bond acceptors (Lipinski definition) is 8. The lowest BCUT2D eigenvalue weighted by Gasteiger charge is -2.28. The zero-order valence-corrected chi connectivity index (χ0v) is 20.8. The molecule has 1 aromatic carbocycles. The number of rotatable bonds is 12. The molecule has 10 nitrogen and oxygen atoms in total. The van der Waals surface area contributed by atoms with Gasteiger partial charge in [0, 0.05) is 48.2 Å². The molecule has 3 aromatic heterocycles. The highest BCUT2D eigenvalue weighted by molar-refractivity contribution is 5.85. The Morgan fingerprint density at radius 2 is 1.94 bits per heavy atom. The third-order valence-electron chi connectivity index (χ3n) is 5.40. The first-order chi connectivity index (χ1) is 16.8. The molecule has 0 spiro atoms. The van der Waals surface area contributed by atoms with Crippen LogP contribution in [0.2, 0.25) is 0 Å². The molecule has 0 aliphatic rings. The van der Waals surface area contributed by atoms with E-state index >= 15 is 0 Å². The van der Waals surface area contributed by atoms with Crippen LogP contribution in [-0.4, -0.2) is 62.1 Å². The zero-order chi connectivity index (χ0) is 24.8. The lowest BCUT2D eigenvalue weighted by Crippen LogP contribution is -2.46. The number of aliphatic hydroxyl groups excluding tert-OH is 1. The predicted molar refractivity (Wildman–Crippen MR) is 135 cm³/mol. The van der Waals surface area contributed by atoms with Crippen LogP contribution in [0.5, 0.6) is 11.5 Å². The summed E-state index contributed by atoms with van der Waals surface area (Å²) in [5.41, 5.74) is 2.57. The topological polar surface area (TPSA) is 131 Å². The Balaban J connectivity index is 0.00000361. The van der Waals surface area contributed by atoms with Crippen LogP contribution in [-0.2, 0) is 11.2 Å². The van der Waals surface area contributed by atoms with Gasteiger partial charge in [-0.1, -0.05) is 17.3 Å². The van der Waals surface area contributed by atoms with Crippen molar-refractivity contribution in [3.05, 3.63) is 66.8 Å². The van der Waals surface area contributed by atoms with Crippen molar-refractivity contribution in [2.75, 3.05) is 19.8 Å². The van der Waals surface area contributed by atoms with Crippen molar-refractivity contribution in [3.8, 4) is 22.8 Å². The fourth-order valence-electron chi connectivity index (χ4n) is 3.73. The van der Waals surface area contributed by atoms with Crippen LogP contribution in [0.25, 0.3) is 16.9 Å². The molecule has 1 atom stereocenters. The summed E-state index contributed by atoms with van der Waals surface area (Å²) in [4.78, 5) is 15.2. The largest absolute Gasteiger partial charge is 0.490 e. The molecule has 0 radical (unpaired) electrons. The van der Waals surface area contributed by atoms with Gasteiger partial charge in [0.1, 0.15) is 30.4 Å². The number of nitrogens with one attached hydrogen (secondary N) is 1. The van der Waals surface area contributed by atoms with Crippen molar-refractivity contribution in [2.45, 2.75) is 31.9 Å². The van der Waals surface area contributed by atoms with Gasteiger partial charge in [-0.2, -0.15) is 0 Å². The van der Waals surface area contributed by atoms with Crippen LogP contribution in [0.4, 0.5) is 0 Å². The molecule has 11 heteroatoms. The summed E-state index contributed by atoms with van der Waals surface area (Å²) in [6.45, 7) is 4.06. The first-order valence-corrected chi connectivity index (χ1v) is 11.2. The number of para-hydroxylation sites is 1. The average Bonchev–Trinajstić information content (AvgIpc) is 3.51. The minimum absolute atomic E-state index is 0. The van der Waals surface area contributed by atoms with Gasteiger partial charge in [0.15, 0.2) is 18.0 Å². The number of carboxylic acids is 1. The Labute approximate surface area is 214 Å². The summed E-state index contributed by atoms with van der Waals surface area (Å²) >= 11 is 0. The van der Waals surface area contributed by atoms with Crippen LogP contribution >= 0.6 is 12.4 Å². The van der Waals surface area contributed by atoms with E-state index in [1.165, 1.54) is 6.26 Å². The molecule has 192 valence electrons. The third kappa shape index (κ3) is 6.75. The quantitative estimate of drug-likeness (QED) is 0.259. The second kappa shape index (κ2) is 11.9. The molecule has 4 rings (SSSR count). The molecule has 0 saturated carbocycles. The number of halogens is 1. The van der Waals surface area contributed by atoms with Gasteiger partial charge in [-0.25, -0.2) is 9.78 Å². The smallest absolute Gasteiger partial charge is 0.341 e. The van der Waals surface area contributed by atoms with Crippen molar-refractivity contribution in [1.82, 2.24) is 19.9 Å². The van der Waals surface area contributed by atoms with Crippen LogP contribution in [0.1, 0.15) is 19.5 Å². The van der Waals surface area contributed by atoms with Crippen LogP contribution in [0.3, 0.4) is 0 Å². The molecule has 3 heterocycles. The number of carbonyl (C=O) groups is 1. The van der Waals surface area contributed by atoms with Gasteiger partial charge in [0.2, 0.25) is 0 Å². The first-order valence-electron chi connectivity index (χ1n) is 11.2. The molecule has 3 N–H and O–H groups in total. The lowest BCUT2D eigenvalue weighted by molar-refractivity contribution is -0.139. The van der Waals surface area contributed by atoms with Crippen molar-refractivity contribution in [2.24, 2.45) is 0 Å². The minimum atomic E-state index is -1.05. The predicted octanol–water partition coefficient (Wildman–Crippen LogP) is 3.23. The molecule has 0 aliphatic heterocycles. The van der Waals surface area contributed by atoms with Gasteiger partial charge in [-0.05, 0) is 38.1 Å². The van der Waals surface area contributed by atoms with Gasteiger partial charge in [0.25, 0.3) is 0 Å². The minimum Gasteiger partial charge on any atom is -0.490 e. The number of pyridine rings is 1. The Hall–Kier alpha value is -3.60. The molecular weight excluding hydrogens is 488 g/mol. The number of nitrogens with zero attached hydrogens (tertiary/aromatic N) is 3. The standard InChI is InChI=1S/C25H28N4O6.ClH/c1-25(2,12-17-13-26-24-22(34-16-23(31)32)8-5-10-29(17)24)27-14-18(30)15-33-21-7-4-3-6-19(21)20-9-11-35-28-20;/h3-11,13,18,27,30H,12,14-16H2,1-2H3,(H,31,32);1H/t18-;/m0./s1. The SMILES string of the molecule is CC(C)(Cc1cnc2c(OCC(=O)O)cccn12)NC[C@H](O)COc1ccccc1-c1ccon1.Cl. The lowest BCUT2D eigenvalue weighted by atomic mass is 9.98. The molecule has 0 unspecified atom stereocenters. The average molecular weight is 517 g/mol. The Kier molecular flexibility index (Phi) is 8.92. The number of fused-ring (bicyclic) bond motifs is 1. The fourth-order valence-corrected chi connectivity index (χ4v) is 3.73. The molecule has 0 bridgehead atoms. The Morgan fingerprint density at radius 3 is 2.69 bits per heavy atom.